The molecule has 0 radical (unpaired) electrons. The summed E-state index contributed by atoms with van der Waals surface area (Å²) in [6, 6.07) is 26.3. The number of rotatable bonds is 12. The van der Waals surface area contributed by atoms with Gasteiger partial charge in [0, 0.05) is 12.5 Å². The van der Waals surface area contributed by atoms with Gasteiger partial charge in [-0.05, 0) is 59.5 Å². The number of carboxylic acid groups (broad SMARTS) is 1. The van der Waals surface area contributed by atoms with Gasteiger partial charge < -0.3 is 30.0 Å². The number of urea groups is 1. The maximum absolute atomic E-state index is 13.6. The second-order valence-corrected chi connectivity index (χ2v) is 8.93. The fourth-order valence-corrected chi connectivity index (χ4v) is 3.88. The normalized spacial score (nSPS) is 11.1. The summed E-state index contributed by atoms with van der Waals surface area (Å²) in [6.07, 6.45) is -0.324. The summed E-state index contributed by atoms with van der Waals surface area (Å²) in [5.74, 6) is -2.00. The number of carbonyl (C=O) groups is 2. The first-order valence-corrected chi connectivity index (χ1v) is 12.6. The van der Waals surface area contributed by atoms with E-state index < -0.39 is 29.7 Å². The zero-order chi connectivity index (χ0) is 28.3. The summed E-state index contributed by atoms with van der Waals surface area (Å²) in [5, 5.41) is 16.5. The van der Waals surface area contributed by atoms with Gasteiger partial charge in [0.25, 0.3) is 0 Å². The number of halogens is 2. The van der Waals surface area contributed by atoms with Gasteiger partial charge in [0.15, 0.2) is 0 Å². The fourth-order valence-electron chi connectivity index (χ4n) is 3.88. The maximum atomic E-state index is 13.6. The molecule has 4 aromatic rings. The molecule has 2 amide bonds. The van der Waals surface area contributed by atoms with Crippen LogP contribution >= 0.6 is 0 Å². The molecule has 7 nitrogen and oxygen atoms in total. The van der Waals surface area contributed by atoms with E-state index in [1.54, 1.807) is 36.4 Å². The van der Waals surface area contributed by atoms with Gasteiger partial charge >= 0.3 is 35.6 Å². The van der Waals surface area contributed by atoms with Crippen LogP contribution in [-0.4, -0.2) is 31.3 Å². The monoisotopic (exact) mass is 568 g/mol. The van der Waals surface area contributed by atoms with Crippen molar-refractivity contribution in [3.05, 3.63) is 125 Å². The standard InChI is InChI=1S/C31H28F2N2O5.Na/c32-24-10-15-28(27(33)20-24)35-31(38)34-16-17-39-25-11-6-23(7-12-25)19-29(30(36)37)40-26-13-8-22(9-14-26)18-21-4-2-1-3-5-21;/h1-15,20,29H,16-19H2,(H,36,37)(H2,34,35,38);/q;+1/p-1. The molecule has 2 N–H and O–H groups in total. The first-order valence-electron chi connectivity index (χ1n) is 12.6. The summed E-state index contributed by atoms with van der Waals surface area (Å²) in [5.41, 5.74) is 2.82. The predicted octanol–water partition coefficient (Wildman–Crippen LogP) is 1.50. The minimum Gasteiger partial charge on any atom is -0.546 e. The van der Waals surface area contributed by atoms with Crippen molar-refractivity contribution < 1.29 is 62.5 Å². The predicted molar refractivity (Wildman–Crippen MR) is 144 cm³/mol. The molecule has 0 aliphatic heterocycles. The topological polar surface area (TPSA) is 99.7 Å². The van der Waals surface area contributed by atoms with E-state index in [9.17, 15) is 23.5 Å². The number of hydrogen-bond donors (Lipinski definition) is 2. The van der Waals surface area contributed by atoms with E-state index in [4.69, 9.17) is 9.47 Å². The molecule has 1 atom stereocenters. The van der Waals surface area contributed by atoms with Crippen molar-refractivity contribution >= 4 is 17.7 Å². The molecule has 0 spiro atoms. The van der Waals surface area contributed by atoms with Crippen LogP contribution in [0.2, 0.25) is 0 Å². The van der Waals surface area contributed by atoms with Gasteiger partial charge in [-0.2, -0.15) is 0 Å². The van der Waals surface area contributed by atoms with Crippen molar-refractivity contribution in [1.29, 1.82) is 0 Å². The Morgan fingerprint density at radius 2 is 1.44 bits per heavy atom. The molecule has 4 rings (SSSR count). The number of ether oxygens (including phenoxy) is 2. The van der Waals surface area contributed by atoms with Crippen molar-refractivity contribution in [2.75, 3.05) is 18.5 Å². The van der Waals surface area contributed by atoms with E-state index in [1.807, 2.05) is 42.5 Å². The Hall–Kier alpha value is -3.92. The van der Waals surface area contributed by atoms with Gasteiger partial charge in [-0.1, -0.05) is 54.6 Å². The summed E-state index contributed by atoms with van der Waals surface area (Å²) >= 11 is 0. The Labute approximate surface area is 258 Å². The minimum absolute atomic E-state index is 0. The summed E-state index contributed by atoms with van der Waals surface area (Å²) in [7, 11) is 0. The number of hydrogen-bond acceptors (Lipinski definition) is 5. The molecule has 4 aromatic carbocycles. The Balaban J connectivity index is 0.00000462. The first-order chi connectivity index (χ1) is 19.4. The Kier molecular flexibility index (Phi) is 12.1. The average Bonchev–Trinajstić information content (AvgIpc) is 2.94. The molecule has 0 aromatic heterocycles. The van der Waals surface area contributed by atoms with Crippen molar-refractivity contribution in [2.24, 2.45) is 0 Å². The number of aliphatic carboxylic acids is 1. The third-order valence-electron chi connectivity index (χ3n) is 5.90. The van der Waals surface area contributed by atoms with Gasteiger partial charge in [0.1, 0.15) is 35.8 Å². The second kappa shape index (κ2) is 15.8. The molecule has 1 unspecified atom stereocenters. The largest absolute Gasteiger partial charge is 1.00 e. The van der Waals surface area contributed by atoms with Crippen molar-refractivity contribution in [3.63, 3.8) is 0 Å². The van der Waals surface area contributed by atoms with Crippen LogP contribution < -0.4 is 54.8 Å². The van der Waals surface area contributed by atoms with Crippen LogP contribution in [0.25, 0.3) is 0 Å². The Morgan fingerprint density at radius 3 is 2.10 bits per heavy atom. The van der Waals surface area contributed by atoms with Gasteiger partial charge in [-0.25, -0.2) is 13.6 Å². The van der Waals surface area contributed by atoms with Crippen molar-refractivity contribution in [2.45, 2.75) is 18.9 Å². The van der Waals surface area contributed by atoms with E-state index in [-0.39, 0.29) is 54.8 Å². The van der Waals surface area contributed by atoms with Crippen LogP contribution in [0.15, 0.2) is 97.1 Å². The van der Waals surface area contributed by atoms with Crippen molar-refractivity contribution in [3.8, 4) is 11.5 Å². The number of carboxylic acids is 1. The summed E-state index contributed by atoms with van der Waals surface area (Å²) < 4.78 is 37.8. The van der Waals surface area contributed by atoms with E-state index in [0.717, 1.165) is 24.1 Å². The quantitative estimate of drug-likeness (QED) is 0.199. The van der Waals surface area contributed by atoms with Crippen LogP contribution in [0.4, 0.5) is 19.3 Å². The number of benzene rings is 4. The van der Waals surface area contributed by atoms with Crippen LogP contribution in [0.5, 0.6) is 11.5 Å². The molecule has 0 saturated carbocycles. The molecule has 0 heterocycles. The zero-order valence-electron chi connectivity index (χ0n) is 22.4. The summed E-state index contributed by atoms with van der Waals surface area (Å²) in [6.45, 7) is 0.255. The molecule has 206 valence electrons. The molecule has 0 bridgehead atoms. The molecule has 0 fully saturated rings. The van der Waals surface area contributed by atoms with E-state index in [2.05, 4.69) is 10.6 Å². The van der Waals surface area contributed by atoms with Crippen LogP contribution in [0.1, 0.15) is 16.7 Å². The first kappa shape index (κ1) is 31.6. The minimum atomic E-state index is -1.32. The molecule has 41 heavy (non-hydrogen) atoms. The maximum Gasteiger partial charge on any atom is 1.00 e. The van der Waals surface area contributed by atoms with E-state index >= 15 is 0 Å². The number of nitrogens with one attached hydrogen (secondary N) is 2. The van der Waals surface area contributed by atoms with Crippen LogP contribution in [0, 0.1) is 11.6 Å². The number of carbonyl (C=O) groups excluding carboxylic acids is 2. The number of anilines is 1. The van der Waals surface area contributed by atoms with E-state index in [0.29, 0.717) is 23.1 Å². The van der Waals surface area contributed by atoms with Crippen LogP contribution in [0.3, 0.4) is 0 Å². The number of amides is 2. The Bertz CT molecular complexity index is 1420. The third-order valence-corrected chi connectivity index (χ3v) is 5.90. The van der Waals surface area contributed by atoms with Crippen molar-refractivity contribution in [1.82, 2.24) is 5.32 Å². The fraction of sp³-hybridized carbons (Fsp3) is 0.161. The smallest absolute Gasteiger partial charge is 0.546 e. The van der Waals surface area contributed by atoms with E-state index in [1.165, 1.54) is 5.56 Å². The molecule has 0 aliphatic rings. The molecule has 0 saturated heterocycles. The SMILES string of the molecule is O=C(NCCOc1ccc(CC(Oc2ccc(Cc3ccccc3)cc2)C(=O)[O-])cc1)Nc1ccc(F)cc1F.[Na+]. The third kappa shape index (κ3) is 10.2. The molecule has 0 aliphatic carbocycles. The van der Waals surface area contributed by atoms with Gasteiger partial charge in [-0.3, -0.25) is 0 Å². The molecule has 10 heteroatoms. The summed E-state index contributed by atoms with van der Waals surface area (Å²) in [4.78, 5) is 23.6. The average molecular weight is 569 g/mol. The molecular weight excluding hydrogens is 541 g/mol. The van der Waals surface area contributed by atoms with Crippen LogP contribution in [-0.2, 0) is 17.6 Å². The zero-order valence-corrected chi connectivity index (χ0v) is 24.4. The van der Waals surface area contributed by atoms with Gasteiger partial charge in [0.2, 0.25) is 0 Å². The second-order valence-electron chi connectivity index (χ2n) is 8.93. The molecular formula is C31H27F2N2NaO5. The van der Waals surface area contributed by atoms with Gasteiger partial charge in [-0.15, -0.1) is 0 Å². The van der Waals surface area contributed by atoms with Gasteiger partial charge in [0.05, 0.1) is 18.2 Å². The Morgan fingerprint density at radius 1 is 0.805 bits per heavy atom.